The normalized spacial score (nSPS) is 59.1. The van der Waals surface area contributed by atoms with Crippen LogP contribution in [0.2, 0.25) is 0 Å². The van der Waals surface area contributed by atoms with E-state index in [-0.39, 0.29) is 16.8 Å². The van der Waals surface area contributed by atoms with Gasteiger partial charge in [-0.3, -0.25) is 4.79 Å². The van der Waals surface area contributed by atoms with E-state index in [1.165, 1.54) is 19.3 Å². The fourth-order valence-electron chi connectivity index (χ4n) is 8.46. The molecule has 4 fully saturated rings. The summed E-state index contributed by atoms with van der Waals surface area (Å²) in [5.74, 6) is 3.48. The summed E-state index contributed by atoms with van der Waals surface area (Å²) in [6.07, 6.45) is 9.97. The lowest BCUT2D eigenvalue weighted by molar-refractivity contribution is -0.142. The number of carbonyl (C=O) groups is 1. The zero-order valence-corrected chi connectivity index (χ0v) is 16.1. The third kappa shape index (κ3) is 1.66. The van der Waals surface area contributed by atoms with Crippen LogP contribution in [0.3, 0.4) is 0 Å². The molecule has 1 aliphatic heterocycles. The zero-order valence-electron chi connectivity index (χ0n) is 16.1. The van der Waals surface area contributed by atoms with Crippen molar-refractivity contribution in [3.8, 4) is 0 Å². The van der Waals surface area contributed by atoms with E-state index < -0.39 is 5.60 Å². The van der Waals surface area contributed by atoms with E-state index in [1.54, 1.807) is 6.92 Å². The minimum atomic E-state index is -0.502. The lowest BCUT2D eigenvalue weighted by Gasteiger charge is -2.59. The van der Waals surface area contributed by atoms with E-state index >= 15 is 0 Å². The maximum absolute atomic E-state index is 12.6. The molecule has 25 heavy (non-hydrogen) atoms. The number of Topliss-reactive ketones (excluding diaryl/α,β-unsaturated/α-hetero) is 1. The van der Waals surface area contributed by atoms with Crippen molar-refractivity contribution >= 4 is 5.78 Å². The first-order valence-corrected chi connectivity index (χ1v) is 10.3. The van der Waals surface area contributed by atoms with Gasteiger partial charge in [0, 0.05) is 11.8 Å². The van der Waals surface area contributed by atoms with Crippen LogP contribution in [0.25, 0.3) is 0 Å². The predicted octanol–water partition coefficient (Wildman–Crippen LogP) is 4.81. The van der Waals surface area contributed by atoms with Crippen LogP contribution in [-0.2, 0) is 9.53 Å². The number of carbonyl (C=O) groups excluding carboxylic acids is 1. The summed E-state index contributed by atoms with van der Waals surface area (Å²) in [5, 5.41) is 10.0. The highest BCUT2D eigenvalue weighted by Gasteiger charge is 2.85. The van der Waals surface area contributed by atoms with Gasteiger partial charge in [0.15, 0.2) is 11.4 Å². The first-order chi connectivity index (χ1) is 11.7. The van der Waals surface area contributed by atoms with Crippen LogP contribution in [0.15, 0.2) is 11.8 Å². The summed E-state index contributed by atoms with van der Waals surface area (Å²) in [7, 11) is 0. The van der Waals surface area contributed by atoms with Gasteiger partial charge in [0.25, 0.3) is 0 Å². The van der Waals surface area contributed by atoms with E-state index in [9.17, 15) is 9.90 Å². The summed E-state index contributed by atoms with van der Waals surface area (Å²) >= 11 is 0. The molecule has 1 N–H and O–H groups in total. The molecule has 0 spiro atoms. The quantitative estimate of drug-likeness (QED) is 0.695. The predicted molar refractivity (Wildman–Crippen MR) is 96.1 cm³/mol. The fraction of sp³-hybridized carbons (Fsp3) is 0.864. The number of fused-ring (bicyclic) bond motifs is 7. The Kier molecular flexibility index (Phi) is 2.96. The smallest absolute Gasteiger partial charge is 0.165 e. The van der Waals surface area contributed by atoms with Gasteiger partial charge in [0.1, 0.15) is 5.60 Å². The minimum Gasteiger partial charge on any atom is -0.513 e. The van der Waals surface area contributed by atoms with Crippen LogP contribution in [0.4, 0.5) is 0 Å². The van der Waals surface area contributed by atoms with Gasteiger partial charge >= 0.3 is 0 Å². The number of aliphatic hydroxyl groups is 1. The summed E-state index contributed by atoms with van der Waals surface area (Å²) in [6.45, 7) is 8.77. The summed E-state index contributed by atoms with van der Waals surface area (Å²) in [6, 6.07) is 0. The molecule has 8 atom stereocenters. The van der Waals surface area contributed by atoms with Crippen LogP contribution in [0.1, 0.15) is 72.6 Å². The second kappa shape index (κ2) is 4.52. The number of aliphatic hydroxyl groups excluding tert-OH is 1. The van der Waals surface area contributed by atoms with E-state index in [4.69, 9.17) is 4.74 Å². The van der Waals surface area contributed by atoms with Crippen molar-refractivity contribution in [1.82, 2.24) is 0 Å². The molecule has 3 heteroatoms. The minimum absolute atomic E-state index is 0.0184. The van der Waals surface area contributed by atoms with Gasteiger partial charge in [0.05, 0.1) is 5.76 Å². The van der Waals surface area contributed by atoms with Crippen LogP contribution >= 0.6 is 0 Å². The lowest BCUT2D eigenvalue weighted by atomic mass is 9.45. The molecule has 0 amide bonds. The molecule has 5 rings (SSSR count). The molecule has 4 aliphatic carbocycles. The Bertz CT molecular complexity index is 683. The number of ether oxygens (including phenoxy) is 1. The van der Waals surface area contributed by atoms with Crippen molar-refractivity contribution in [1.29, 1.82) is 0 Å². The number of epoxide rings is 1. The Labute approximate surface area is 151 Å². The van der Waals surface area contributed by atoms with Gasteiger partial charge in [-0.05, 0) is 87.5 Å². The third-order valence-corrected chi connectivity index (χ3v) is 9.64. The van der Waals surface area contributed by atoms with Crippen LogP contribution in [-0.4, -0.2) is 22.1 Å². The second-order valence-electron chi connectivity index (χ2n) is 10.5. The average Bonchev–Trinajstić information content (AvgIpc) is 3.13. The average molecular weight is 344 g/mol. The maximum Gasteiger partial charge on any atom is 0.165 e. The molecule has 138 valence electrons. The SMILES string of the molecule is CC(=O)C12OC1(C)CC1C3CCC4C=C(O)CCC4(C)C3CCC12C. The van der Waals surface area contributed by atoms with Gasteiger partial charge in [-0.25, -0.2) is 0 Å². The second-order valence-corrected chi connectivity index (χ2v) is 10.5. The van der Waals surface area contributed by atoms with E-state index in [0.29, 0.717) is 23.0 Å². The first-order valence-electron chi connectivity index (χ1n) is 10.3. The van der Waals surface area contributed by atoms with Crippen molar-refractivity contribution in [2.75, 3.05) is 0 Å². The molecule has 3 nitrogen and oxygen atoms in total. The number of hydrogen-bond donors (Lipinski definition) is 1. The first kappa shape index (κ1) is 16.4. The van der Waals surface area contributed by atoms with Crippen molar-refractivity contribution in [3.05, 3.63) is 11.8 Å². The largest absolute Gasteiger partial charge is 0.513 e. The zero-order chi connectivity index (χ0) is 17.8. The fourth-order valence-corrected chi connectivity index (χ4v) is 8.46. The van der Waals surface area contributed by atoms with Crippen molar-refractivity contribution in [2.45, 2.75) is 83.8 Å². The van der Waals surface area contributed by atoms with Crippen LogP contribution in [0, 0.1) is 34.5 Å². The molecule has 3 saturated carbocycles. The Balaban J connectivity index is 1.52. The number of allylic oxidation sites excluding steroid dienone is 2. The molecule has 5 aliphatic rings. The molecule has 0 aromatic carbocycles. The summed E-state index contributed by atoms with van der Waals surface area (Å²) in [4.78, 5) is 12.6. The number of rotatable bonds is 1. The molecule has 0 bridgehead atoms. The lowest BCUT2D eigenvalue weighted by Crippen LogP contribution is -2.55. The molecule has 0 aromatic heterocycles. The van der Waals surface area contributed by atoms with E-state index in [0.717, 1.165) is 37.5 Å². The monoisotopic (exact) mass is 344 g/mol. The Morgan fingerprint density at radius 2 is 1.92 bits per heavy atom. The Hall–Kier alpha value is -0.830. The highest BCUT2D eigenvalue weighted by molar-refractivity contribution is 5.91. The van der Waals surface area contributed by atoms with Gasteiger partial charge in [0.2, 0.25) is 0 Å². The maximum atomic E-state index is 12.6. The van der Waals surface area contributed by atoms with Crippen LogP contribution < -0.4 is 0 Å². The van der Waals surface area contributed by atoms with E-state index in [2.05, 4.69) is 26.8 Å². The molecule has 1 heterocycles. The van der Waals surface area contributed by atoms with Crippen LogP contribution in [0.5, 0.6) is 0 Å². The number of hydrogen-bond acceptors (Lipinski definition) is 3. The van der Waals surface area contributed by atoms with E-state index in [1.807, 2.05) is 0 Å². The van der Waals surface area contributed by atoms with Gasteiger partial charge in [-0.1, -0.05) is 13.8 Å². The molecule has 8 unspecified atom stereocenters. The Morgan fingerprint density at radius 1 is 1.16 bits per heavy atom. The number of ketones is 1. The summed E-state index contributed by atoms with van der Waals surface area (Å²) < 4.78 is 6.20. The highest BCUT2D eigenvalue weighted by Crippen LogP contribution is 2.77. The third-order valence-electron chi connectivity index (χ3n) is 9.64. The highest BCUT2D eigenvalue weighted by atomic mass is 16.6. The van der Waals surface area contributed by atoms with Crippen molar-refractivity contribution < 1.29 is 14.6 Å². The van der Waals surface area contributed by atoms with Gasteiger partial charge in [-0.2, -0.15) is 0 Å². The molecule has 0 radical (unpaired) electrons. The molecule has 0 aromatic rings. The molecular weight excluding hydrogens is 312 g/mol. The summed E-state index contributed by atoms with van der Waals surface area (Å²) in [5.41, 5.74) is -0.368. The van der Waals surface area contributed by atoms with Crippen molar-refractivity contribution in [2.24, 2.45) is 34.5 Å². The van der Waals surface area contributed by atoms with Crippen molar-refractivity contribution in [3.63, 3.8) is 0 Å². The van der Waals surface area contributed by atoms with Gasteiger partial charge in [-0.15, -0.1) is 0 Å². The molecular formula is C22H32O3. The Morgan fingerprint density at radius 3 is 2.64 bits per heavy atom. The molecule has 1 saturated heterocycles. The topological polar surface area (TPSA) is 49.8 Å². The standard InChI is InChI=1S/C22H32O3/c1-13(23)22-20(3)10-8-17-16(18(20)12-21(22,4)25-22)6-5-14-11-15(24)7-9-19(14,17)2/h11,14,16-18,24H,5-10,12H2,1-4H3. The van der Waals surface area contributed by atoms with Gasteiger partial charge < -0.3 is 9.84 Å².